The van der Waals surface area contributed by atoms with Gasteiger partial charge in [-0.15, -0.1) is 0 Å². The maximum absolute atomic E-state index is 12.8. The molecule has 3 heterocycles. The van der Waals surface area contributed by atoms with Gasteiger partial charge in [-0.05, 0) is 44.5 Å². The van der Waals surface area contributed by atoms with Gasteiger partial charge in [0.05, 0.1) is 12.0 Å². The minimum absolute atomic E-state index is 0.123. The Morgan fingerprint density at radius 1 is 1.15 bits per heavy atom. The van der Waals surface area contributed by atoms with Crippen molar-refractivity contribution in [2.75, 3.05) is 0 Å². The fraction of sp³-hybridized carbons (Fsp3) is 0.273. The summed E-state index contributed by atoms with van der Waals surface area (Å²) < 4.78 is 12.5. The molecule has 170 valence electrons. The van der Waals surface area contributed by atoms with Crippen molar-refractivity contribution in [3.05, 3.63) is 81.2 Å². The lowest BCUT2D eigenvalue weighted by Gasteiger charge is -2.11. The summed E-state index contributed by atoms with van der Waals surface area (Å²) in [7, 11) is 0. The SMILES string of the molecule is CCn1c(=O)c(-c2noc(C(=O)NC(C)CCc3ccco3)n2)nn(-c2ccccc2)c1=O. The van der Waals surface area contributed by atoms with Crippen LogP contribution in [0.3, 0.4) is 0 Å². The Morgan fingerprint density at radius 3 is 2.64 bits per heavy atom. The molecule has 0 aliphatic rings. The van der Waals surface area contributed by atoms with E-state index in [1.165, 1.54) is 0 Å². The molecule has 1 unspecified atom stereocenters. The molecule has 0 aliphatic heterocycles. The van der Waals surface area contributed by atoms with Gasteiger partial charge in [-0.1, -0.05) is 23.4 Å². The number of aryl methyl sites for hydroxylation is 1. The molecule has 11 heteroatoms. The highest BCUT2D eigenvalue weighted by Gasteiger charge is 2.23. The summed E-state index contributed by atoms with van der Waals surface area (Å²) in [4.78, 5) is 42.1. The molecular formula is C22H22N6O5. The molecule has 1 N–H and O–H groups in total. The molecule has 0 saturated heterocycles. The van der Waals surface area contributed by atoms with Gasteiger partial charge in [0.25, 0.3) is 5.56 Å². The lowest BCUT2D eigenvalue weighted by molar-refractivity contribution is 0.0893. The summed E-state index contributed by atoms with van der Waals surface area (Å²) in [5, 5.41) is 10.7. The molecule has 0 saturated carbocycles. The summed E-state index contributed by atoms with van der Waals surface area (Å²) in [6.45, 7) is 3.63. The molecular weight excluding hydrogens is 428 g/mol. The van der Waals surface area contributed by atoms with Crippen molar-refractivity contribution in [3.8, 4) is 17.2 Å². The second-order valence-corrected chi connectivity index (χ2v) is 7.34. The Balaban J connectivity index is 1.58. The van der Waals surface area contributed by atoms with Crippen LogP contribution < -0.4 is 16.6 Å². The van der Waals surface area contributed by atoms with Crippen molar-refractivity contribution in [1.29, 1.82) is 0 Å². The second kappa shape index (κ2) is 9.47. The van der Waals surface area contributed by atoms with Gasteiger partial charge in [0.2, 0.25) is 5.82 Å². The topological polar surface area (TPSA) is 138 Å². The van der Waals surface area contributed by atoms with Crippen LogP contribution in [0.4, 0.5) is 0 Å². The van der Waals surface area contributed by atoms with E-state index in [0.717, 1.165) is 15.0 Å². The van der Waals surface area contributed by atoms with Gasteiger partial charge in [0, 0.05) is 19.0 Å². The predicted octanol–water partition coefficient (Wildman–Crippen LogP) is 1.81. The molecule has 4 rings (SSSR count). The summed E-state index contributed by atoms with van der Waals surface area (Å²) in [6.07, 6.45) is 2.90. The van der Waals surface area contributed by atoms with Crippen molar-refractivity contribution in [1.82, 2.24) is 29.8 Å². The van der Waals surface area contributed by atoms with Gasteiger partial charge in [0.15, 0.2) is 5.69 Å². The molecule has 1 amide bonds. The largest absolute Gasteiger partial charge is 0.469 e. The lowest BCUT2D eigenvalue weighted by atomic mass is 10.1. The number of aromatic nitrogens is 5. The zero-order chi connectivity index (χ0) is 23.4. The molecule has 11 nitrogen and oxygen atoms in total. The van der Waals surface area contributed by atoms with Crippen molar-refractivity contribution in [3.63, 3.8) is 0 Å². The number of hydrogen-bond donors (Lipinski definition) is 1. The van der Waals surface area contributed by atoms with E-state index in [4.69, 9.17) is 8.94 Å². The van der Waals surface area contributed by atoms with Crippen LogP contribution >= 0.6 is 0 Å². The molecule has 0 bridgehead atoms. The normalized spacial score (nSPS) is 11.9. The number of carbonyl (C=O) groups excluding carboxylic acids is 1. The maximum Gasteiger partial charge on any atom is 0.352 e. The van der Waals surface area contributed by atoms with E-state index in [2.05, 4.69) is 20.6 Å². The van der Waals surface area contributed by atoms with Gasteiger partial charge in [-0.3, -0.25) is 14.2 Å². The Kier molecular flexibility index (Phi) is 6.29. The first-order chi connectivity index (χ1) is 16.0. The Bertz CT molecular complexity index is 1350. The van der Waals surface area contributed by atoms with Gasteiger partial charge in [-0.2, -0.15) is 14.8 Å². The van der Waals surface area contributed by atoms with Crippen molar-refractivity contribution in [2.24, 2.45) is 0 Å². The number of hydrogen-bond acceptors (Lipinski definition) is 8. The molecule has 0 radical (unpaired) electrons. The molecule has 0 aliphatic carbocycles. The Labute approximate surface area is 187 Å². The quantitative estimate of drug-likeness (QED) is 0.429. The second-order valence-electron chi connectivity index (χ2n) is 7.34. The zero-order valence-electron chi connectivity index (χ0n) is 18.1. The van der Waals surface area contributed by atoms with Gasteiger partial charge in [-0.25, -0.2) is 4.79 Å². The van der Waals surface area contributed by atoms with Crippen LogP contribution in [0.2, 0.25) is 0 Å². The first kappa shape index (κ1) is 21.9. The highest BCUT2D eigenvalue weighted by atomic mass is 16.5. The summed E-state index contributed by atoms with van der Waals surface area (Å²) in [6, 6.07) is 12.1. The average molecular weight is 450 g/mol. The van der Waals surface area contributed by atoms with E-state index in [1.807, 2.05) is 13.0 Å². The van der Waals surface area contributed by atoms with Crippen LogP contribution in [0.25, 0.3) is 17.2 Å². The van der Waals surface area contributed by atoms with E-state index in [-0.39, 0.29) is 30.0 Å². The summed E-state index contributed by atoms with van der Waals surface area (Å²) in [5.74, 6) is -0.243. The fourth-order valence-electron chi connectivity index (χ4n) is 3.25. The third-order valence-corrected chi connectivity index (χ3v) is 4.99. The van der Waals surface area contributed by atoms with Crippen molar-refractivity contribution >= 4 is 5.91 Å². The van der Waals surface area contributed by atoms with E-state index < -0.39 is 17.2 Å². The number of furan rings is 1. The molecule has 0 spiro atoms. The van der Waals surface area contributed by atoms with Gasteiger partial charge < -0.3 is 14.3 Å². The monoisotopic (exact) mass is 450 g/mol. The molecule has 1 atom stereocenters. The molecule has 0 fully saturated rings. The predicted molar refractivity (Wildman–Crippen MR) is 117 cm³/mol. The van der Waals surface area contributed by atoms with E-state index in [0.29, 0.717) is 18.5 Å². The van der Waals surface area contributed by atoms with Gasteiger partial charge >= 0.3 is 17.5 Å². The molecule has 3 aromatic heterocycles. The Hall–Kier alpha value is -4.28. The third-order valence-electron chi connectivity index (χ3n) is 4.99. The van der Waals surface area contributed by atoms with E-state index in [9.17, 15) is 14.4 Å². The smallest absolute Gasteiger partial charge is 0.352 e. The first-order valence-corrected chi connectivity index (χ1v) is 10.4. The maximum atomic E-state index is 12.8. The third kappa shape index (κ3) is 4.66. The number of nitrogens with one attached hydrogen (secondary N) is 1. The number of benzene rings is 1. The first-order valence-electron chi connectivity index (χ1n) is 10.4. The molecule has 33 heavy (non-hydrogen) atoms. The Morgan fingerprint density at radius 2 is 1.94 bits per heavy atom. The van der Waals surface area contributed by atoms with Crippen LogP contribution in [0.5, 0.6) is 0 Å². The standard InChI is InChI=1S/C22H22N6O5/c1-3-27-21(30)17(25-28(22(27)31)15-8-5-4-6-9-15)18-24-20(33-26-18)19(29)23-14(2)11-12-16-10-7-13-32-16/h4-10,13-14H,3,11-12H2,1-2H3,(H,23,29). The van der Waals surface area contributed by atoms with Crippen LogP contribution in [0.1, 0.15) is 36.7 Å². The van der Waals surface area contributed by atoms with Crippen molar-refractivity contribution < 1.29 is 13.7 Å². The van der Waals surface area contributed by atoms with Crippen LogP contribution in [-0.2, 0) is 13.0 Å². The summed E-state index contributed by atoms with van der Waals surface area (Å²) in [5.41, 5.74) is -0.995. The minimum atomic E-state index is -0.672. The number of para-hydroxylation sites is 1. The number of amides is 1. The molecule has 1 aromatic carbocycles. The minimum Gasteiger partial charge on any atom is -0.469 e. The highest BCUT2D eigenvalue weighted by Crippen LogP contribution is 2.11. The van der Waals surface area contributed by atoms with Crippen LogP contribution in [-0.4, -0.2) is 36.4 Å². The summed E-state index contributed by atoms with van der Waals surface area (Å²) >= 11 is 0. The van der Waals surface area contributed by atoms with Crippen LogP contribution in [0, 0.1) is 0 Å². The van der Waals surface area contributed by atoms with Crippen LogP contribution in [0.15, 0.2) is 67.3 Å². The highest BCUT2D eigenvalue weighted by molar-refractivity contribution is 5.90. The molecule has 4 aromatic rings. The number of nitrogens with zero attached hydrogens (tertiary/aromatic N) is 5. The lowest BCUT2D eigenvalue weighted by Crippen LogP contribution is -2.41. The van der Waals surface area contributed by atoms with E-state index >= 15 is 0 Å². The number of carbonyl (C=O) groups is 1. The van der Waals surface area contributed by atoms with Crippen molar-refractivity contribution in [2.45, 2.75) is 39.3 Å². The zero-order valence-corrected chi connectivity index (χ0v) is 18.1. The van der Waals surface area contributed by atoms with E-state index in [1.54, 1.807) is 49.6 Å². The number of rotatable bonds is 8. The fourth-order valence-corrected chi connectivity index (χ4v) is 3.25. The van der Waals surface area contributed by atoms with Gasteiger partial charge in [0.1, 0.15) is 5.76 Å². The average Bonchev–Trinajstić information content (AvgIpc) is 3.51.